The fraction of sp³-hybridized carbons (Fsp3) is 0.957. The Morgan fingerprint density at radius 3 is 0.722 bits per heavy atom. The van der Waals surface area contributed by atoms with E-state index in [9.17, 15) is 9.59 Å². The Morgan fingerprint density at radius 1 is 0.278 bits per heavy atom. The highest BCUT2D eigenvalue weighted by molar-refractivity contribution is 5.74. The molecule has 0 fully saturated rings. The minimum atomic E-state index is -0.0817. The monoisotopic (exact) mass is 767 g/mol. The standard InChI is InChI=1S/C46H94N4O4/c1-3-5-7-9-11-13-15-17-19-21-23-25-27-29-31-33-37-47-45(51)49-39-35-41-53-43-44-54-42-36-40-50-46(52)48-38-34-32-30-28-26-24-22-20-18-16-14-12-10-8-6-4-2/h3-44H2,1-2H3,(H2,47,49,51)(H2,48,50,52). The van der Waals surface area contributed by atoms with Gasteiger partial charge in [-0.2, -0.15) is 0 Å². The molecule has 0 aliphatic heterocycles. The molecule has 4 N–H and O–H groups in total. The molecule has 54 heavy (non-hydrogen) atoms. The summed E-state index contributed by atoms with van der Waals surface area (Å²) >= 11 is 0. The summed E-state index contributed by atoms with van der Waals surface area (Å²) in [5.41, 5.74) is 0. The van der Waals surface area contributed by atoms with Crippen molar-refractivity contribution in [3.63, 3.8) is 0 Å². The fourth-order valence-corrected chi connectivity index (χ4v) is 6.95. The van der Waals surface area contributed by atoms with E-state index < -0.39 is 0 Å². The minimum Gasteiger partial charge on any atom is -0.379 e. The second kappa shape index (κ2) is 47.6. The van der Waals surface area contributed by atoms with Crippen LogP contribution in [-0.4, -0.2) is 64.7 Å². The molecule has 0 radical (unpaired) electrons. The third-order valence-corrected chi connectivity index (χ3v) is 10.5. The maximum atomic E-state index is 12.0. The lowest BCUT2D eigenvalue weighted by Gasteiger charge is -2.09. The molecule has 0 saturated heterocycles. The molecule has 322 valence electrons. The van der Waals surface area contributed by atoms with Crippen LogP contribution >= 0.6 is 0 Å². The number of rotatable bonds is 45. The normalized spacial score (nSPS) is 11.2. The van der Waals surface area contributed by atoms with Gasteiger partial charge in [0, 0.05) is 39.4 Å². The number of hydrogen-bond donors (Lipinski definition) is 4. The highest BCUT2D eigenvalue weighted by atomic mass is 16.5. The minimum absolute atomic E-state index is 0.0817. The number of urea groups is 2. The van der Waals surface area contributed by atoms with Gasteiger partial charge in [-0.25, -0.2) is 9.59 Å². The molecule has 0 unspecified atom stereocenters. The first-order chi connectivity index (χ1) is 26.7. The van der Waals surface area contributed by atoms with Crippen molar-refractivity contribution in [1.82, 2.24) is 21.3 Å². The van der Waals surface area contributed by atoms with Gasteiger partial charge in [-0.15, -0.1) is 0 Å². The summed E-state index contributed by atoms with van der Waals surface area (Å²) in [6.07, 6.45) is 45.0. The van der Waals surface area contributed by atoms with Crippen LogP contribution in [0, 0.1) is 0 Å². The highest BCUT2D eigenvalue weighted by Gasteiger charge is 2.01. The molecule has 0 rings (SSSR count). The van der Waals surface area contributed by atoms with Crippen molar-refractivity contribution in [3.05, 3.63) is 0 Å². The Kier molecular flexibility index (Phi) is 46.3. The lowest BCUT2D eigenvalue weighted by atomic mass is 10.0. The van der Waals surface area contributed by atoms with E-state index in [1.807, 2.05) is 0 Å². The van der Waals surface area contributed by atoms with E-state index in [1.54, 1.807) is 0 Å². The molecule has 0 aliphatic carbocycles. The van der Waals surface area contributed by atoms with Crippen LogP contribution in [-0.2, 0) is 9.47 Å². The quantitative estimate of drug-likeness (QED) is 0.0464. The molecule has 0 aliphatic rings. The first-order valence-corrected chi connectivity index (χ1v) is 23.9. The van der Waals surface area contributed by atoms with Crippen LogP contribution in [0.1, 0.15) is 232 Å². The first-order valence-electron chi connectivity index (χ1n) is 23.9. The fourth-order valence-electron chi connectivity index (χ4n) is 6.95. The van der Waals surface area contributed by atoms with E-state index in [4.69, 9.17) is 9.47 Å². The van der Waals surface area contributed by atoms with Crippen LogP contribution in [0.4, 0.5) is 9.59 Å². The molecule has 0 spiro atoms. The van der Waals surface area contributed by atoms with Crippen molar-refractivity contribution >= 4 is 12.1 Å². The van der Waals surface area contributed by atoms with Gasteiger partial charge in [-0.3, -0.25) is 0 Å². The summed E-state index contributed by atoms with van der Waals surface area (Å²) in [6, 6.07) is -0.163. The van der Waals surface area contributed by atoms with E-state index in [0.717, 1.165) is 38.8 Å². The third-order valence-electron chi connectivity index (χ3n) is 10.5. The van der Waals surface area contributed by atoms with E-state index >= 15 is 0 Å². The topological polar surface area (TPSA) is 101 Å². The molecule has 8 nitrogen and oxygen atoms in total. The molecule has 0 saturated carbocycles. The predicted molar refractivity (Wildman–Crippen MR) is 233 cm³/mol. The van der Waals surface area contributed by atoms with Crippen molar-refractivity contribution in [2.45, 2.75) is 232 Å². The van der Waals surface area contributed by atoms with Gasteiger partial charge in [-0.05, 0) is 25.7 Å². The smallest absolute Gasteiger partial charge is 0.314 e. The number of unbranched alkanes of at least 4 members (excludes halogenated alkanes) is 30. The molecular formula is C46H94N4O4. The van der Waals surface area contributed by atoms with Crippen molar-refractivity contribution in [3.8, 4) is 0 Å². The summed E-state index contributed by atoms with van der Waals surface area (Å²) in [6.45, 7) is 9.57. The molecule has 0 aromatic rings. The van der Waals surface area contributed by atoms with E-state index in [0.29, 0.717) is 39.5 Å². The summed E-state index contributed by atoms with van der Waals surface area (Å²) in [5, 5.41) is 11.8. The second-order valence-electron chi connectivity index (χ2n) is 15.9. The average Bonchev–Trinajstić information content (AvgIpc) is 3.17. The zero-order valence-corrected chi connectivity index (χ0v) is 36.3. The summed E-state index contributed by atoms with van der Waals surface area (Å²) in [5.74, 6) is 0. The van der Waals surface area contributed by atoms with E-state index in [-0.39, 0.29) is 12.1 Å². The Hall–Kier alpha value is -1.54. The molecule has 0 atom stereocenters. The summed E-state index contributed by atoms with van der Waals surface area (Å²) in [4.78, 5) is 23.9. The number of hydrogen-bond acceptors (Lipinski definition) is 4. The van der Waals surface area contributed by atoms with Gasteiger partial charge in [0.2, 0.25) is 0 Å². The van der Waals surface area contributed by atoms with E-state index in [2.05, 4.69) is 35.1 Å². The Labute approximate surface area is 336 Å². The first kappa shape index (κ1) is 52.5. The number of nitrogens with one attached hydrogen (secondary N) is 4. The lowest BCUT2D eigenvalue weighted by molar-refractivity contribution is 0.0464. The molecule has 0 bridgehead atoms. The highest BCUT2D eigenvalue weighted by Crippen LogP contribution is 2.15. The second-order valence-corrected chi connectivity index (χ2v) is 15.9. The van der Waals surface area contributed by atoms with Crippen LogP contribution in [0.5, 0.6) is 0 Å². The number of amides is 4. The van der Waals surface area contributed by atoms with Crippen LogP contribution < -0.4 is 21.3 Å². The summed E-state index contributed by atoms with van der Waals surface area (Å²) in [7, 11) is 0. The SMILES string of the molecule is CCCCCCCCCCCCCCCCCCNC(=O)NCCCOCCOCCCNC(=O)NCCCCCCCCCCCCCCCCCC. The Balaban J connectivity index is 3.22. The molecular weight excluding hydrogens is 673 g/mol. The molecule has 8 heteroatoms. The Morgan fingerprint density at radius 2 is 0.481 bits per heavy atom. The van der Waals surface area contributed by atoms with Gasteiger partial charge in [0.1, 0.15) is 0 Å². The zero-order valence-electron chi connectivity index (χ0n) is 36.3. The number of carbonyl (C=O) groups is 2. The van der Waals surface area contributed by atoms with Crippen LogP contribution in [0.3, 0.4) is 0 Å². The van der Waals surface area contributed by atoms with E-state index in [1.165, 1.54) is 193 Å². The van der Waals surface area contributed by atoms with Crippen LogP contribution in [0.2, 0.25) is 0 Å². The maximum Gasteiger partial charge on any atom is 0.314 e. The number of ether oxygens (including phenoxy) is 2. The predicted octanol–water partition coefficient (Wildman–Crippen LogP) is 12.9. The molecule has 0 aromatic heterocycles. The summed E-state index contributed by atoms with van der Waals surface area (Å²) < 4.78 is 11.2. The van der Waals surface area contributed by atoms with Crippen molar-refractivity contribution in [2.75, 3.05) is 52.6 Å². The van der Waals surface area contributed by atoms with Gasteiger partial charge in [0.15, 0.2) is 0 Å². The third kappa shape index (κ3) is 46.6. The molecule has 0 heterocycles. The molecule has 0 aromatic carbocycles. The zero-order chi connectivity index (χ0) is 39.1. The van der Waals surface area contributed by atoms with Crippen molar-refractivity contribution in [1.29, 1.82) is 0 Å². The molecule has 4 amide bonds. The largest absolute Gasteiger partial charge is 0.379 e. The van der Waals surface area contributed by atoms with Crippen molar-refractivity contribution in [2.24, 2.45) is 0 Å². The van der Waals surface area contributed by atoms with Gasteiger partial charge in [0.05, 0.1) is 13.2 Å². The maximum absolute atomic E-state index is 12.0. The van der Waals surface area contributed by atoms with Crippen LogP contribution in [0.15, 0.2) is 0 Å². The Bertz CT molecular complexity index is 682. The van der Waals surface area contributed by atoms with Gasteiger partial charge >= 0.3 is 12.1 Å². The number of carbonyl (C=O) groups excluding carboxylic acids is 2. The van der Waals surface area contributed by atoms with Crippen molar-refractivity contribution < 1.29 is 19.1 Å². The van der Waals surface area contributed by atoms with Crippen LogP contribution in [0.25, 0.3) is 0 Å². The van der Waals surface area contributed by atoms with Gasteiger partial charge in [-0.1, -0.05) is 206 Å². The van der Waals surface area contributed by atoms with Gasteiger partial charge in [0.25, 0.3) is 0 Å². The lowest BCUT2D eigenvalue weighted by Crippen LogP contribution is -2.36. The van der Waals surface area contributed by atoms with Gasteiger partial charge < -0.3 is 30.7 Å². The average molecular weight is 767 g/mol.